The molecule has 0 rings (SSSR count). The van der Waals surface area contributed by atoms with Gasteiger partial charge in [0.1, 0.15) is 6.73 Å². The maximum Gasteiger partial charge on any atom is 0.330 e. The number of amides is 1. The SMILES string of the molecule is C=C(C)C(=O)O.C=CC#N.C=CC(=O)NCO.C=CC(=O)OCC. The van der Waals surface area contributed by atoms with Gasteiger partial charge >= 0.3 is 11.9 Å². The van der Waals surface area contributed by atoms with Crippen molar-refractivity contribution in [2.75, 3.05) is 13.3 Å². The van der Waals surface area contributed by atoms with Crippen molar-refractivity contribution in [3.8, 4) is 6.07 Å². The number of nitrogens with zero attached hydrogens (tertiary/aromatic N) is 1. The number of carbonyl (C=O) groups is 3. The highest BCUT2D eigenvalue weighted by atomic mass is 16.5. The molecule has 0 atom stereocenters. The van der Waals surface area contributed by atoms with Crippen LogP contribution in [0, 0.1) is 11.3 Å². The summed E-state index contributed by atoms with van der Waals surface area (Å²) in [6, 6.07) is 1.69. The van der Waals surface area contributed by atoms with Crippen molar-refractivity contribution in [3.63, 3.8) is 0 Å². The lowest BCUT2D eigenvalue weighted by Crippen LogP contribution is -2.20. The van der Waals surface area contributed by atoms with Crippen LogP contribution < -0.4 is 5.32 Å². The molecule has 0 aliphatic carbocycles. The van der Waals surface area contributed by atoms with Crippen molar-refractivity contribution in [3.05, 3.63) is 50.1 Å². The number of hydrogen-bond acceptors (Lipinski definition) is 6. The average Bonchev–Trinajstić information content (AvgIpc) is 2.56. The summed E-state index contributed by atoms with van der Waals surface area (Å²) in [7, 11) is 0. The zero-order chi connectivity index (χ0) is 20.0. The molecule has 0 aromatic heterocycles. The summed E-state index contributed by atoms with van der Waals surface area (Å²) >= 11 is 0. The van der Waals surface area contributed by atoms with Gasteiger partial charge in [-0.25, -0.2) is 9.59 Å². The first-order chi connectivity index (χ1) is 11.2. The minimum atomic E-state index is -0.935. The number of ether oxygens (including phenoxy) is 1. The molecule has 0 aromatic carbocycles. The number of aliphatic carboxylic acids is 1. The molecule has 1 amide bonds. The smallest absolute Gasteiger partial charge is 0.330 e. The molecule has 0 heterocycles. The van der Waals surface area contributed by atoms with E-state index in [1.54, 1.807) is 13.0 Å². The van der Waals surface area contributed by atoms with Gasteiger partial charge in [0.15, 0.2) is 0 Å². The van der Waals surface area contributed by atoms with Gasteiger partial charge in [-0.05, 0) is 19.9 Å². The number of allylic oxidation sites excluding steroid dienone is 1. The molecule has 0 saturated heterocycles. The van der Waals surface area contributed by atoms with Crippen LogP contribution in [0.4, 0.5) is 0 Å². The van der Waals surface area contributed by atoms with Crippen molar-refractivity contribution in [2.24, 2.45) is 0 Å². The van der Waals surface area contributed by atoms with E-state index in [9.17, 15) is 14.4 Å². The Labute approximate surface area is 142 Å². The Morgan fingerprint density at radius 3 is 1.75 bits per heavy atom. The monoisotopic (exact) mass is 340 g/mol. The maximum atomic E-state index is 10.1. The fourth-order valence-electron chi connectivity index (χ4n) is 0.351. The Hall–Kier alpha value is -3.18. The van der Waals surface area contributed by atoms with E-state index in [-0.39, 0.29) is 24.2 Å². The van der Waals surface area contributed by atoms with Crippen LogP contribution >= 0.6 is 0 Å². The van der Waals surface area contributed by atoms with Crippen molar-refractivity contribution in [2.45, 2.75) is 13.8 Å². The first-order valence-corrected chi connectivity index (χ1v) is 6.37. The van der Waals surface area contributed by atoms with E-state index in [1.807, 2.05) is 0 Å². The lowest BCUT2D eigenvalue weighted by molar-refractivity contribution is -0.137. The Morgan fingerprint density at radius 2 is 1.67 bits per heavy atom. The van der Waals surface area contributed by atoms with Crippen LogP contribution in [0.2, 0.25) is 0 Å². The van der Waals surface area contributed by atoms with Crippen LogP contribution in [-0.2, 0) is 19.1 Å². The van der Waals surface area contributed by atoms with E-state index in [2.05, 4.69) is 36.4 Å². The number of aliphatic hydroxyl groups excluding tert-OH is 1. The minimum absolute atomic E-state index is 0.176. The van der Waals surface area contributed by atoms with Crippen LogP contribution in [0.1, 0.15) is 13.8 Å². The molecule has 0 aliphatic heterocycles. The standard InChI is InChI=1S/C5H8O2.C4H7NO2.C4H6O2.C3H3N/c1-3-5(6)7-4-2;1-2-4(7)5-3-6;1-3(2)4(5)6;1-2-3-4/h3H,1,4H2,2H3;2,6H,1,3H2,(H,5,7);1H2,2H3,(H,5,6);2H,1H2. The molecule has 0 saturated carbocycles. The number of hydrogen-bond donors (Lipinski definition) is 3. The first-order valence-electron chi connectivity index (χ1n) is 6.37. The first kappa shape index (κ1) is 28.9. The van der Waals surface area contributed by atoms with Crippen LogP contribution in [0.15, 0.2) is 50.1 Å². The van der Waals surface area contributed by atoms with Gasteiger partial charge in [0.2, 0.25) is 5.91 Å². The van der Waals surface area contributed by atoms with Crippen molar-refractivity contribution < 1.29 is 29.3 Å². The summed E-state index contributed by atoms with van der Waals surface area (Å²) in [6.45, 7) is 15.9. The van der Waals surface area contributed by atoms with Gasteiger partial charge in [-0.1, -0.05) is 26.3 Å². The molecule has 0 fully saturated rings. The fourth-order valence-corrected chi connectivity index (χ4v) is 0.351. The minimum Gasteiger partial charge on any atom is -0.478 e. The molecule has 0 bridgehead atoms. The van der Waals surface area contributed by atoms with Crippen LogP contribution in [0.5, 0.6) is 0 Å². The predicted octanol–water partition coefficient (Wildman–Crippen LogP) is 1.32. The molecule has 0 radical (unpaired) electrons. The highest BCUT2D eigenvalue weighted by Crippen LogP contribution is 1.81. The van der Waals surface area contributed by atoms with E-state index < -0.39 is 5.97 Å². The largest absolute Gasteiger partial charge is 0.478 e. The topological polar surface area (TPSA) is 137 Å². The second-order valence-corrected chi connectivity index (χ2v) is 3.28. The lowest BCUT2D eigenvalue weighted by atomic mass is 10.4. The highest BCUT2D eigenvalue weighted by Gasteiger charge is 1.90. The van der Waals surface area contributed by atoms with E-state index in [1.165, 1.54) is 13.0 Å². The number of aliphatic hydroxyl groups is 1. The Morgan fingerprint density at radius 1 is 1.25 bits per heavy atom. The molecule has 0 aromatic rings. The summed E-state index contributed by atoms with van der Waals surface area (Å²) < 4.78 is 4.43. The van der Waals surface area contributed by atoms with E-state index >= 15 is 0 Å². The number of carbonyl (C=O) groups excluding carboxylic acids is 2. The second kappa shape index (κ2) is 24.8. The third-order valence-electron chi connectivity index (χ3n) is 1.35. The van der Waals surface area contributed by atoms with E-state index in [0.717, 1.165) is 12.2 Å². The number of carboxylic acid groups (broad SMARTS) is 1. The average molecular weight is 340 g/mol. The molecule has 134 valence electrons. The van der Waals surface area contributed by atoms with Crippen LogP contribution in [0.3, 0.4) is 0 Å². The number of nitriles is 1. The Kier molecular flexibility index (Phi) is 29.9. The highest BCUT2D eigenvalue weighted by molar-refractivity contribution is 5.86. The Bertz CT molecular complexity index is 430. The summed E-state index contributed by atoms with van der Waals surface area (Å²) in [5, 5.41) is 25.5. The fraction of sp³-hybridized carbons (Fsp3) is 0.250. The lowest BCUT2D eigenvalue weighted by Gasteiger charge is -1.90. The van der Waals surface area contributed by atoms with Gasteiger partial charge in [0.05, 0.1) is 12.7 Å². The zero-order valence-corrected chi connectivity index (χ0v) is 13.9. The summed E-state index contributed by atoms with van der Waals surface area (Å²) in [5.74, 6) is -1.65. The zero-order valence-electron chi connectivity index (χ0n) is 13.9. The van der Waals surface area contributed by atoms with Crippen molar-refractivity contribution >= 4 is 17.8 Å². The number of nitrogens with one attached hydrogen (secondary N) is 1. The Balaban J connectivity index is -0.000000113. The molecule has 0 aliphatic rings. The molecule has 0 unspecified atom stereocenters. The molecule has 3 N–H and O–H groups in total. The van der Waals surface area contributed by atoms with Crippen LogP contribution in [0.25, 0.3) is 0 Å². The maximum absolute atomic E-state index is 10.1. The van der Waals surface area contributed by atoms with Gasteiger partial charge in [0, 0.05) is 17.7 Å². The van der Waals surface area contributed by atoms with Crippen molar-refractivity contribution in [1.29, 1.82) is 5.26 Å². The van der Waals surface area contributed by atoms with Gasteiger partial charge in [-0.15, -0.1) is 0 Å². The molecule has 24 heavy (non-hydrogen) atoms. The summed E-state index contributed by atoms with van der Waals surface area (Å²) in [4.78, 5) is 29.7. The molecule has 8 nitrogen and oxygen atoms in total. The summed E-state index contributed by atoms with van der Waals surface area (Å²) in [6.07, 6.45) is 3.42. The molecule has 0 spiro atoms. The van der Waals surface area contributed by atoms with Gasteiger partial charge < -0.3 is 20.3 Å². The van der Waals surface area contributed by atoms with Crippen molar-refractivity contribution in [1.82, 2.24) is 5.32 Å². The third-order valence-corrected chi connectivity index (χ3v) is 1.35. The van der Waals surface area contributed by atoms with Crippen LogP contribution in [-0.4, -0.2) is 41.4 Å². The van der Waals surface area contributed by atoms with Gasteiger partial charge in [0.25, 0.3) is 0 Å². The number of rotatable bonds is 5. The molecule has 8 heteroatoms. The van der Waals surface area contributed by atoms with E-state index in [4.69, 9.17) is 15.5 Å². The normalized spacial score (nSPS) is 6.92. The van der Waals surface area contributed by atoms with E-state index in [0.29, 0.717) is 6.61 Å². The number of esters is 1. The predicted molar refractivity (Wildman–Crippen MR) is 90.5 cm³/mol. The third kappa shape index (κ3) is 42.8. The summed E-state index contributed by atoms with van der Waals surface area (Å²) in [5.41, 5.74) is 0.176. The molecular formula is C16H24N2O6. The van der Waals surface area contributed by atoms with Gasteiger partial charge in [-0.2, -0.15) is 5.26 Å². The molecular weight excluding hydrogens is 316 g/mol. The number of carboxylic acids is 1. The van der Waals surface area contributed by atoms with Gasteiger partial charge in [-0.3, -0.25) is 4.79 Å². The second-order valence-electron chi connectivity index (χ2n) is 3.28. The quantitative estimate of drug-likeness (QED) is 0.297.